The molecular formula is C15H12Cl2N4. The number of hydrogen-bond donors (Lipinski definition) is 1. The van der Waals surface area contributed by atoms with Gasteiger partial charge in [0, 0.05) is 17.8 Å². The van der Waals surface area contributed by atoms with Crippen molar-refractivity contribution in [3.63, 3.8) is 0 Å². The number of aromatic nitrogens is 3. The fourth-order valence-corrected chi connectivity index (χ4v) is 2.48. The Bertz CT molecular complexity index is 776. The lowest BCUT2D eigenvalue weighted by molar-refractivity contribution is 1.00. The van der Waals surface area contributed by atoms with Crippen LogP contribution in [0.4, 0.5) is 5.82 Å². The van der Waals surface area contributed by atoms with Gasteiger partial charge in [0.15, 0.2) is 5.65 Å². The maximum atomic E-state index is 6.14. The Labute approximate surface area is 132 Å². The molecule has 0 aliphatic rings. The van der Waals surface area contributed by atoms with Crippen LogP contribution in [0.15, 0.2) is 42.6 Å². The van der Waals surface area contributed by atoms with Crippen LogP contribution >= 0.6 is 23.2 Å². The number of anilines is 1. The Kier molecular flexibility index (Phi) is 4.18. The number of rotatable bonds is 4. The fourth-order valence-electron chi connectivity index (χ4n) is 2.09. The lowest BCUT2D eigenvalue weighted by Gasteiger charge is -2.09. The number of halogens is 2. The molecule has 6 heteroatoms. The summed E-state index contributed by atoms with van der Waals surface area (Å²) in [6.07, 6.45) is 2.47. The highest BCUT2D eigenvalue weighted by atomic mass is 35.5. The average molecular weight is 319 g/mol. The lowest BCUT2D eigenvalue weighted by atomic mass is 10.1. The van der Waals surface area contributed by atoms with Gasteiger partial charge in [-0.3, -0.25) is 0 Å². The van der Waals surface area contributed by atoms with E-state index < -0.39 is 0 Å². The zero-order valence-electron chi connectivity index (χ0n) is 11.1. The Hall–Kier alpha value is -1.91. The minimum absolute atomic E-state index is 0.182. The number of pyridine rings is 1. The molecule has 0 radical (unpaired) electrons. The molecule has 0 fully saturated rings. The van der Waals surface area contributed by atoms with Crippen LogP contribution in [0.5, 0.6) is 0 Å². The smallest absolute Gasteiger partial charge is 0.226 e. The highest BCUT2D eigenvalue weighted by Crippen LogP contribution is 2.21. The van der Waals surface area contributed by atoms with Gasteiger partial charge in [-0.15, -0.1) is 0 Å². The Morgan fingerprint density at radius 1 is 1.00 bits per heavy atom. The molecule has 0 atom stereocenters. The first-order chi connectivity index (χ1) is 10.2. The van der Waals surface area contributed by atoms with Crippen molar-refractivity contribution in [1.82, 2.24) is 15.0 Å². The van der Waals surface area contributed by atoms with Crippen molar-refractivity contribution in [1.29, 1.82) is 0 Å². The van der Waals surface area contributed by atoms with Gasteiger partial charge in [-0.25, -0.2) is 9.97 Å². The number of nitrogens with one attached hydrogen (secondary N) is 1. The van der Waals surface area contributed by atoms with Gasteiger partial charge in [-0.2, -0.15) is 4.98 Å². The summed E-state index contributed by atoms with van der Waals surface area (Å²) < 4.78 is 0. The van der Waals surface area contributed by atoms with Crippen LogP contribution < -0.4 is 5.32 Å². The van der Waals surface area contributed by atoms with Crippen LogP contribution in [-0.2, 0) is 6.42 Å². The van der Waals surface area contributed by atoms with Crippen molar-refractivity contribution >= 4 is 40.1 Å². The molecule has 0 spiro atoms. The SMILES string of the molecule is Clc1nc(NCCc2ccccc2Cl)c2cccnc2n1. The van der Waals surface area contributed by atoms with Crippen molar-refractivity contribution in [2.45, 2.75) is 6.42 Å². The molecule has 0 aliphatic heterocycles. The van der Waals surface area contributed by atoms with Crippen molar-refractivity contribution in [2.75, 3.05) is 11.9 Å². The molecule has 0 unspecified atom stereocenters. The summed E-state index contributed by atoms with van der Waals surface area (Å²) in [6.45, 7) is 0.696. The third-order valence-corrected chi connectivity index (χ3v) is 3.63. The van der Waals surface area contributed by atoms with E-state index in [0.717, 1.165) is 22.4 Å². The second-order valence-corrected chi connectivity index (χ2v) is 5.23. The summed E-state index contributed by atoms with van der Waals surface area (Å²) >= 11 is 12.1. The molecule has 0 saturated carbocycles. The monoisotopic (exact) mass is 318 g/mol. The fraction of sp³-hybridized carbons (Fsp3) is 0.133. The van der Waals surface area contributed by atoms with E-state index in [-0.39, 0.29) is 5.28 Å². The van der Waals surface area contributed by atoms with Gasteiger partial charge in [-0.05, 0) is 41.8 Å². The van der Waals surface area contributed by atoms with Crippen LogP contribution in [0, 0.1) is 0 Å². The molecule has 4 nitrogen and oxygen atoms in total. The van der Waals surface area contributed by atoms with E-state index >= 15 is 0 Å². The maximum Gasteiger partial charge on any atom is 0.226 e. The third kappa shape index (κ3) is 3.23. The van der Waals surface area contributed by atoms with E-state index in [0.29, 0.717) is 18.0 Å². The molecule has 0 bridgehead atoms. The van der Waals surface area contributed by atoms with E-state index in [9.17, 15) is 0 Å². The predicted molar refractivity (Wildman–Crippen MR) is 86.0 cm³/mol. The van der Waals surface area contributed by atoms with E-state index in [1.165, 1.54) is 0 Å². The summed E-state index contributed by atoms with van der Waals surface area (Å²) in [6, 6.07) is 11.6. The lowest BCUT2D eigenvalue weighted by Crippen LogP contribution is -2.08. The second kappa shape index (κ2) is 6.24. The molecular weight excluding hydrogens is 307 g/mol. The number of hydrogen-bond acceptors (Lipinski definition) is 4. The zero-order valence-corrected chi connectivity index (χ0v) is 12.6. The zero-order chi connectivity index (χ0) is 14.7. The second-order valence-electron chi connectivity index (χ2n) is 4.48. The minimum Gasteiger partial charge on any atom is -0.369 e. The molecule has 0 amide bonds. The van der Waals surface area contributed by atoms with Crippen LogP contribution in [0.2, 0.25) is 10.3 Å². The summed E-state index contributed by atoms with van der Waals surface area (Å²) in [5, 5.41) is 5.07. The molecule has 1 aromatic carbocycles. The van der Waals surface area contributed by atoms with Crippen LogP contribution in [-0.4, -0.2) is 21.5 Å². The van der Waals surface area contributed by atoms with Crippen molar-refractivity contribution in [3.8, 4) is 0 Å². The van der Waals surface area contributed by atoms with Crippen molar-refractivity contribution in [2.24, 2.45) is 0 Å². The molecule has 2 aromatic heterocycles. The quantitative estimate of drug-likeness (QED) is 0.739. The molecule has 1 N–H and O–H groups in total. The molecule has 3 rings (SSSR count). The largest absolute Gasteiger partial charge is 0.369 e. The van der Waals surface area contributed by atoms with E-state index in [1.54, 1.807) is 6.20 Å². The van der Waals surface area contributed by atoms with Crippen LogP contribution in [0.3, 0.4) is 0 Å². The minimum atomic E-state index is 0.182. The van der Waals surface area contributed by atoms with E-state index in [4.69, 9.17) is 23.2 Å². The highest BCUT2D eigenvalue weighted by Gasteiger charge is 2.07. The number of fused-ring (bicyclic) bond motifs is 1. The molecule has 3 aromatic rings. The summed E-state index contributed by atoms with van der Waals surface area (Å²) in [7, 11) is 0. The van der Waals surface area contributed by atoms with Gasteiger partial charge < -0.3 is 5.32 Å². The molecule has 0 saturated heterocycles. The Morgan fingerprint density at radius 3 is 2.71 bits per heavy atom. The van der Waals surface area contributed by atoms with Gasteiger partial charge in [0.05, 0.1) is 5.39 Å². The number of benzene rings is 1. The van der Waals surface area contributed by atoms with Gasteiger partial charge in [0.1, 0.15) is 5.82 Å². The number of nitrogens with zero attached hydrogens (tertiary/aromatic N) is 3. The van der Waals surface area contributed by atoms with E-state index in [2.05, 4.69) is 20.3 Å². The van der Waals surface area contributed by atoms with E-state index in [1.807, 2.05) is 36.4 Å². The summed E-state index contributed by atoms with van der Waals surface area (Å²) in [4.78, 5) is 12.5. The van der Waals surface area contributed by atoms with Crippen LogP contribution in [0.1, 0.15) is 5.56 Å². The maximum absolute atomic E-state index is 6.14. The van der Waals surface area contributed by atoms with Gasteiger partial charge >= 0.3 is 0 Å². The van der Waals surface area contributed by atoms with Gasteiger partial charge in [-0.1, -0.05) is 29.8 Å². The summed E-state index contributed by atoms with van der Waals surface area (Å²) in [5.41, 5.74) is 1.67. The first-order valence-corrected chi connectivity index (χ1v) is 7.25. The topological polar surface area (TPSA) is 50.7 Å². The highest BCUT2D eigenvalue weighted by molar-refractivity contribution is 6.31. The molecule has 21 heavy (non-hydrogen) atoms. The molecule has 0 aliphatic carbocycles. The third-order valence-electron chi connectivity index (χ3n) is 3.09. The standard InChI is InChI=1S/C15H12Cl2N4/c16-12-6-2-1-4-10(12)7-9-19-14-11-5-3-8-18-13(11)20-15(17)21-14/h1-6,8H,7,9H2,(H,18,19,20,21). The normalized spacial score (nSPS) is 10.8. The van der Waals surface area contributed by atoms with Crippen molar-refractivity contribution < 1.29 is 0 Å². The first kappa shape index (κ1) is 14.0. The van der Waals surface area contributed by atoms with Crippen molar-refractivity contribution in [3.05, 3.63) is 58.5 Å². The molecule has 2 heterocycles. The Balaban J connectivity index is 1.78. The van der Waals surface area contributed by atoms with Crippen LogP contribution in [0.25, 0.3) is 11.0 Å². The van der Waals surface area contributed by atoms with Gasteiger partial charge in [0.25, 0.3) is 0 Å². The predicted octanol–water partition coefficient (Wildman–Crippen LogP) is 3.99. The van der Waals surface area contributed by atoms with Gasteiger partial charge in [0.2, 0.25) is 5.28 Å². The average Bonchev–Trinajstić information content (AvgIpc) is 2.49. The molecule has 106 valence electrons. The summed E-state index contributed by atoms with van der Waals surface area (Å²) in [5.74, 6) is 0.685. The first-order valence-electron chi connectivity index (χ1n) is 6.49. The Morgan fingerprint density at radius 2 is 1.86 bits per heavy atom.